The Morgan fingerprint density at radius 1 is 0.966 bits per heavy atom. The molecule has 6 heteroatoms. The van der Waals surface area contributed by atoms with Crippen LogP contribution in [0.5, 0.6) is 5.75 Å². The van der Waals surface area contributed by atoms with Gasteiger partial charge in [0.25, 0.3) is 5.91 Å². The van der Waals surface area contributed by atoms with Gasteiger partial charge in [-0.15, -0.1) is 6.26 Å². The Morgan fingerprint density at radius 3 is 2.03 bits per heavy atom. The molecule has 1 heterocycles. The average Bonchev–Trinajstić information content (AvgIpc) is 3.00. The normalized spacial score (nSPS) is 14.8. The van der Waals surface area contributed by atoms with Crippen molar-refractivity contribution in [1.82, 2.24) is 0 Å². The summed E-state index contributed by atoms with van der Waals surface area (Å²) in [5, 5.41) is 16.4. The van der Waals surface area contributed by atoms with Crippen molar-refractivity contribution in [3.63, 3.8) is 0 Å². The molecule has 0 radical (unpaired) electrons. The summed E-state index contributed by atoms with van der Waals surface area (Å²) in [6.07, 6.45) is 13.6. The molecule has 1 aromatic carbocycles. The van der Waals surface area contributed by atoms with Crippen LogP contribution < -0.4 is 66.2 Å². The molecule has 0 unspecified atom stereocenters. The number of carbonyl (C=O) groups is 1. The van der Waals surface area contributed by atoms with Gasteiger partial charge in [-0.2, -0.15) is 10.1 Å². The fourth-order valence-corrected chi connectivity index (χ4v) is 3.29. The van der Waals surface area contributed by atoms with E-state index in [1.54, 1.807) is 19.1 Å². The van der Waals surface area contributed by atoms with Crippen molar-refractivity contribution < 1.29 is 66.0 Å². The molecule has 0 aliphatic carbocycles. The Labute approximate surface area is 218 Å². The zero-order valence-electron chi connectivity index (χ0n) is 18.3. The van der Waals surface area contributed by atoms with E-state index < -0.39 is 0 Å². The Hall–Kier alpha value is -0.664. The second-order valence-electron chi connectivity index (χ2n) is 7.36. The first-order valence-corrected chi connectivity index (χ1v) is 10.6. The molecule has 29 heavy (non-hydrogen) atoms. The van der Waals surface area contributed by atoms with Crippen LogP contribution in [0.4, 0.5) is 5.69 Å². The van der Waals surface area contributed by atoms with Crippen LogP contribution in [0.25, 0.3) is 0 Å². The summed E-state index contributed by atoms with van der Waals surface area (Å²) in [6, 6.07) is 7.25. The number of hydrogen-bond donors (Lipinski definition) is 0. The fraction of sp³-hybridized carbons (Fsp3) is 0.565. The van der Waals surface area contributed by atoms with E-state index in [9.17, 15) is 9.90 Å². The number of rotatable bonds is 13. The molecular weight excluding hydrogens is 391 g/mol. The van der Waals surface area contributed by atoms with E-state index in [4.69, 9.17) is 4.74 Å². The Bertz CT molecular complexity index is 671. The number of carbonyl (C=O) groups excluding carboxylic acids is 1. The first kappa shape index (κ1) is 26.4. The molecule has 2 rings (SSSR count). The number of hydrogen-bond acceptors (Lipinski definition) is 4. The van der Waals surface area contributed by atoms with Crippen LogP contribution in [0.1, 0.15) is 78.1 Å². The van der Waals surface area contributed by atoms with E-state index >= 15 is 0 Å². The average molecular weight is 425 g/mol. The second kappa shape index (κ2) is 15.2. The minimum absolute atomic E-state index is 0. The maximum atomic E-state index is 12.1. The third-order valence-corrected chi connectivity index (χ3v) is 5.03. The van der Waals surface area contributed by atoms with Gasteiger partial charge in [-0.25, -0.2) is 0 Å². The molecule has 0 N–H and O–H groups in total. The smallest absolute Gasteiger partial charge is 0.877 e. The van der Waals surface area contributed by atoms with Gasteiger partial charge in [-0.05, 0) is 37.6 Å². The molecule has 1 aromatic rings. The van der Waals surface area contributed by atoms with Crippen LogP contribution in [0.2, 0.25) is 0 Å². The van der Waals surface area contributed by atoms with E-state index in [0.29, 0.717) is 24.3 Å². The SMILES string of the molecule is CCCCCCCCCCCCOc1ccc(N2N=C(C)/C(=C/[O-])C2=O)cc1.[K+]. The second-order valence-corrected chi connectivity index (χ2v) is 7.36. The van der Waals surface area contributed by atoms with Gasteiger partial charge in [0, 0.05) is 5.57 Å². The first-order valence-electron chi connectivity index (χ1n) is 10.6. The van der Waals surface area contributed by atoms with Crippen molar-refractivity contribution >= 4 is 17.3 Å². The first-order chi connectivity index (χ1) is 13.7. The molecule has 0 fully saturated rings. The van der Waals surface area contributed by atoms with Crippen molar-refractivity contribution in [3.05, 3.63) is 36.1 Å². The van der Waals surface area contributed by atoms with Crippen LogP contribution in [-0.4, -0.2) is 18.2 Å². The molecule has 0 saturated heterocycles. The zero-order chi connectivity index (χ0) is 20.2. The van der Waals surface area contributed by atoms with Crippen molar-refractivity contribution in [2.24, 2.45) is 5.10 Å². The van der Waals surface area contributed by atoms with E-state index in [1.165, 1.54) is 62.8 Å². The Balaban J connectivity index is 0.00000420. The van der Waals surface area contributed by atoms with E-state index in [1.807, 2.05) is 12.1 Å². The van der Waals surface area contributed by atoms with Crippen LogP contribution in [0, 0.1) is 0 Å². The molecule has 1 aliphatic heterocycles. The number of hydrazone groups is 1. The molecule has 0 atom stereocenters. The van der Waals surface area contributed by atoms with Gasteiger partial charge >= 0.3 is 51.4 Å². The predicted octanol–water partition coefficient (Wildman–Crippen LogP) is 1.96. The summed E-state index contributed by atoms with van der Waals surface area (Å²) in [5.41, 5.74) is 1.19. The number of anilines is 1. The van der Waals surface area contributed by atoms with Gasteiger partial charge in [0.2, 0.25) is 0 Å². The van der Waals surface area contributed by atoms with Gasteiger partial charge in [0.05, 0.1) is 18.0 Å². The minimum atomic E-state index is -0.383. The van der Waals surface area contributed by atoms with Crippen molar-refractivity contribution in [2.75, 3.05) is 11.6 Å². The molecule has 1 amide bonds. The summed E-state index contributed by atoms with van der Waals surface area (Å²) >= 11 is 0. The predicted molar refractivity (Wildman–Crippen MR) is 112 cm³/mol. The fourth-order valence-electron chi connectivity index (χ4n) is 3.29. The third-order valence-electron chi connectivity index (χ3n) is 5.03. The number of amides is 1. The Kier molecular flexibility index (Phi) is 13.8. The summed E-state index contributed by atoms with van der Waals surface area (Å²) in [5.74, 6) is 0.401. The topological polar surface area (TPSA) is 65.0 Å². The molecule has 1 aliphatic rings. The summed E-state index contributed by atoms with van der Waals surface area (Å²) < 4.78 is 5.79. The maximum absolute atomic E-state index is 12.1. The molecule has 0 saturated carbocycles. The van der Waals surface area contributed by atoms with E-state index in [0.717, 1.165) is 12.2 Å². The van der Waals surface area contributed by atoms with E-state index in [2.05, 4.69) is 12.0 Å². The van der Waals surface area contributed by atoms with Gasteiger partial charge in [-0.1, -0.05) is 64.7 Å². The third kappa shape index (κ3) is 8.93. The number of unbranched alkanes of at least 4 members (excludes halogenated alkanes) is 9. The summed E-state index contributed by atoms with van der Waals surface area (Å²) in [4.78, 5) is 12.1. The van der Waals surface area contributed by atoms with E-state index in [-0.39, 0.29) is 62.9 Å². The van der Waals surface area contributed by atoms with Gasteiger partial charge < -0.3 is 9.84 Å². The summed E-state index contributed by atoms with van der Waals surface area (Å²) in [7, 11) is 0. The molecule has 154 valence electrons. The standard InChI is InChI=1S/C23H34N2O3.K/c1-3-4-5-6-7-8-9-10-11-12-17-28-21-15-13-20(14-16-21)25-23(27)22(18-26)19(2)24-25;/h13-16,18,26H,3-12,17H2,1-2H3;/q;+1/p-1/b22-18-;. The van der Waals surface area contributed by atoms with Crippen LogP contribution >= 0.6 is 0 Å². The Morgan fingerprint density at radius 2 is 1.52 bits per heavy atom. The molecule has 0 bridgehead atoms. The van der Waals surface area contributed by atoms with Crippen LogP contribution in [-0.2, 0) is 4.79 Å². The van der Waals surface area contributed by atoms with Gasteiger partial charge in [-0.3, -0.25) is 4.79 Å². The van der Waals surface area contributed by atoms with Crippen molar-refractivity contribution in [1.29, 1.82) is 0 Å². The monoisotopic (exact) mass is 424 g/mol. The van der Waals surface area contributed by atoms with Crippen LogP contribution in [0.3, 0.4) is 0 Å². The minimum Gasteiger partial charge on any atom is -0.877 e. The summed E-state index contributed by atoms with van der Waals surface area (Å²) in [6.45, 7) is 4.62. The van der Waals surface area contributed by atoms with Gasteiger partial charge in [0.1, 0.15) is 5.75 Å². The zero-order valence-corrected chi connectivity index (χ0v) is 21.4. The quantitative estimate of drug-likeness (QED) is 0.210. The largest absolute Gasteiger partial charge is 1.00 e. The molecule has 0 aromatic heterocycles. The number of benzene rings is 1. The van der Waals surface area contributed by atoms with Crippen molar-refractivity contribution in [2.45, 2.75) is 78.1 Å². The number of ether oxygens (including phenoxy) is 1. The molecular formula is C23H33KN2O3. The molecule has 5 nitrogen and oxygen atoms in total. The van der Waals surface area contributed by atoms with Crippen molar-refractivity contribution in [3.8, 4) is 5.75 Å². The maximum Gasteiger partial charge on any atom is 1.00 e. The van der Waals surface area contributed by atoms with Crippen LogP contribution in [0.15, 0.2) is 41.2 Å². The van der Waals surface area contributed by atoms with Gasteiger partial charge in [0.15, 0.2) is 0 Å². The number of nitrogens with zero attached hydrogens (tertiary/aromatic N) is 2. The molecule has 0 spiro atoms.